The van der Waals surface area contributed by atoms with Crippen LogP contribution in [0.4, 0.5) is 0 Å². The Morgan fingerprint density at radius 2 is 0.300 bits per heavy atom. The standard InChI is InChI=1S/6C4H9.3Ga.3H3P/c6*1-4(2)3;;;;;;/h6*1-3H3;;;;3*1H3. The summed E-state index contributed by atoms with van der Waals surface area (Å²) in [5.41, 5.74) is 0. The summed E-state index contributed by atoms with van der Waals surface area (Å²) < 4.78 is 3.84. The van der Waals surface area contributed by atoms with Crippen LogP contribution in [0.15, 0.2) is 0 Å². The second kappa shape index (κ2) is 17.6. The van der Waals surface area contributed by atoms with Gasteiger partial charge in [-0.25, -0.2) is 0 Å². The molecule has 3 unspecified atom stereocenters. The molecule has 0 aliphatic heterocycles. The second-order valence-electron chi connectivity index (χ2n) is 14.6. The van der Waals surface area contributed by atoms with Crippen LogP contribution in [0, 0.1) is 0 Å². The van der Waals surface area contributed by atoms with E-state index in [1.807, 2.05) is 0 Å². The fourth-order valence-corrected chi connectivity index (χ4v) is 20.2. The van der Waals surface area contributed by atoms with Crippen molar-refractivity contribution in [2.75, 3.05) is 0 Å². The van der Waals surface area contributed by atoms with Crippen LogP contribution in [0.5, 0.6) is 0 Å². The molecule has 3 atom stereocenters. The van der Waals surface area contributed by atoms with Crippen LogP contribution in [-0.2, 0) is 0 Å². The van der Waals surface area contributed by atoms with E-state index in [0.29, 0.717) is 23.8 Å². The van der Waals surface area contributed by atoms with Gasteiger partial charge in [0.1, 0.15) is 0 Å². The summed E-state index contributed by atoms with van der Waals surface area (Å²) in [6, 6.07) is 0. The molecule has 183 valence electrons. The molecule has 0 aliphatic carbocycles. The van der Waals surface area contributed by atoms with Gasteiger partial charge < -0.3 is 0 Å². The summed E-state index contributed by atoms with van der Waals surface area (Å²) in [7, 11) is 0. The van der Waals surface area contributed by atoms with Crippen molar-refractivity contribution in [1.29, 1.82) is 0 Å². The Hall–Kier alpha value is 3.20. The van der Waals surface area contributed by atoms with Crippen LogP contribution in [0.25, 0.3) is 0 Å². The van der Waals surface area contributed by atoms with E-state index in [9.17, 15) is 0 Å². The van der Waals surface area contributed by atoms with Crippen LogP contribution in [0.1, 0.15) is 125 Å². The first-order chi connectivity index (χ1) is 11.1. The molecule has 0 N–H and O–H groups in total. The Morgan fingerprint density at radius 3 is 0.300 bits per heavy atom. The predicted octanol–water partition coefficient (Wildman–Crippen LogP) is 9.56. The maximum absolute atomic E-state index is 2.36. The van der Waals surface area contributed by atoms with E-state index in [2.05, 4.69) is 125 Å². The van der Waals surface area contributed by atoms with Gasteiger partial charge in [-0.1, -0.05) is 0 Å². The topological polar surface area (TPSA) is 0 Å². The molecule has 6 heteroatoms. The molecule has 0 aromatic carbocycles. The molecule has 30 heavy (non-hydrogen) atoms. The molecule has 0 fully saturated rings. The van der Waals surface area contributed by atoms with Gasteiger partial charge in [0.15, 0.2) is 0 Å². The number of hydrogen-bond acceptors (Lipinski definition) is 0. The van der Waals surface area contributed by atoms with Crippen molar-refractivity contribution in [1.82, 2.24) is 0 Å². The molecule has 3 radical (unpaired) electrons. The van der Waals surface area contributed by atoms with E-state index in [0.717, 1.165) is 0 Å². The summed E-state index contributed by atoms with van der Waals surface area (Å²) in [4.78, 5) is 0. The summed E-state index contributed by atoms with van der Waals surface area (Å²) in [6.45, 7) is 42.5. The minimum atomic E-state index is -0.0625. The van der Waals surface area contributed by atoms with Gasteiger partial charge >= 0.3 is 201 Å². The molecular weight excluding hydrogens is 590 g/mol. The minimum Gasteiger partial charge on any atom is -0.153 e. The third-order valence-electron chi connectivity index (χ3n) is 2.60. The van der Waals surface area contributed by atoms with Gasteiger partial charge in [-0.3, -0.25) is 0 Å². The van der Waals surface area contributed by atoms with Crippen molar-refractivity contribution < 1.29 is 0 Å². The van der Waals surface area contributed by atoms with Crippen molar-refractivity contribution in [2.45, 2.75) is 148 Å². The molecule has 0 aromatic rings. The van der Waals surface area contributed by atoms with Crippen molar-refractivity contribution in [3.8, 4) is 0 Å². The molecule has 0 heterocycles. The Labute approximate surface area is 228 Å². The van der Waals surface area contributed by atoms with Gasteiger partial charge in [-0.05, 0) is 0 Å². The van der Waals surface area contributed by atoms with Crippen LogP contribution in [0.3, 0.4) is 0 Å². The van der Waals surface area contributed by atoms with E-state index in [1.165, 1.54) is 0 Å². The smallest absolute Gasteiger partial charge is 0.153 e. The van der Waals surface area contributed by atoms with Gasteiger partial charge in [-0.2, -0.15) is 29.7 Å². The molecule has 0 rings (SSSR count). The van der Waals surface area contributed by atoms with Crippen LogP contribution in [0.2, 0.25) is 23.8 Å². The Balaban J connectivity index is -0.0000000686. The van der Waals surface area contributed by atoms with Crippen LogP contribution < -0.4 is 0 Å². The fraction of sp³-hybridized carbons (Fsp3) is 1.00. The summed E-state index contributed by atoms with van der Waals surface area (Å²) in [5.74, 6) is 0. The van der Waals surface area contributed by atoms with Crippen molar-refractivity contribution in [3.63, 3.8) is 0 Å². The number of hydrogen-bond donors (Lipinski definition) is 0. The van der Waals surface area contributed by atoms with Gasteiger partial charge in [0, 0.05) is 0 Å². The van der Waals surface area contributed by atoms with Crippen molar-refractivity contribution in [2.24, 2.45) is 0 Å². The van der Waals surface area contributed by atoms with Crippen molar-refractivity contribution in [3.05, 3.63) is 0 Å². The maximum atomic E-state index is 2.36. The van der Waals surface area contributed by atoms with Gasteiger partial charge in [0.25, 0.3) is 0 Å². The molecule has 0 saturated carbocycles. The normalized spacial score (nSPS) is 12.2. The minimum absolute atomic E-state index is 0. The van der Waals surface area contributed by atoms with Gasteiger partial charge in [-0.15, -0.1) is 0 Å². The van der Waals surface area contributed by atoms with E-state index in [4.69, 9.17) is 0 Å². The average Bonchev–Trinajstić information content (AvgIpc) is 1.96. The largest absolute Gasteiger partial charge is 0.153 e. The molecule has 0 spiro atoms. The molecular formula is C24H63Ga3P3. The van der Waals surface area contributed by atoms with Crippen molar-refractivity contribution >= 4 is 81.9 Å². The third kappa shape index (κ3) is 63.3. The Kier molecular flexibility index (Phi) is 27.3. The molecule has 0 nitrogen and oxygen atoms in total. The molecule has 0 aliphatic rings. The van der Waals surface area contributed by atoms with E-state index >= 15 is 0 Å². The Bertz CT molecular complexity index is 285. The van der Waals surface area contributed by atoms with Crippen LogP contribution in [-0.4, -0.2) is 52.2 Å². The maximum Gasteiger partial charge on any atom is -0.153 e. The first-order valence-electron chi connectivity index (χ1n) is 10.7. The SMILES string of the molecule is C[C](C)(C)[Ga][C](C)(C)C.C[C](C)(C)[Ga][C](C)(C)C.C[C](C)(C)[Ga][C](C)(C)C.P.P.P. The Morgan fingerprint density at radius 1 is 0.233 bits per heavy atom. The number of rotatable bonds is 0. The quantitative estimate of drug-likeness (QED) is 0.181. The van der Waals surface area contributed by atoms with E-state index < -0.39 is 0 Å². The van der Waals surface area contributed by atoms with Crippen LogP contribution >= 0.6 is 29.7 Å². The monoisotopic (exact) mass is 651 g/mol. The summed E-state index contributed by atoms with van der Waals surface area (Å²) in [5, 5.41) is 0. The summed E-state index contributed by atoms with van der Waals surface area (Å²) >= 11 is -0.188. The van der Waals surface area contributed by atoms with Gasteiger partial charge in [0.05, 0.1) is 0 Å². The zero-order valence-corrected chi connectivity index (χ0v) is 36.4. The molecule has 0 saturated heterocycles. The second-order valence-corrected chi connectivity index (χ2v) is 38.2. The average molecular weight is 654 g/mol. The molecule has 0 bridgehead atoms. The fourth-order valence-electron chi connectivity index (χ4n) is 3.90. The first-order valence-corrected chi connectivity index (χ1v) is 18.0. The third-order valence-corrected chi connectivity index (χ3v) is 13.5. The first kappa shape index (κ1) is 46.5. The van der Waals surface area contributed by atoms with E-state index in [1.54, 1.807) is 0 Å². The van der Waals surface area contributed by atoms with E-state index in [-0.39, 0.29) is 81.9 Å². The predicted molar refractivity (Wildman–Crippen MR) is 169 cm³/mol. The molecule has 0 aromatic heterocycles. The summed E-state index contributed by atoms with van der Waals surface area (Å²) in [6.07, 6.45) is 0. The van der Waals surface area contributed by atoms with Gasteiger partial charge in [0.2, 0.25) is 0 Å². The zero-order chi connectivity index (χ0) is 23.1. The zero-order valence-electron chi connectivity index (χ0n) is 24.9. The molecule has 0 amide bonds.